The maximum atomic E-state index is 12.7. The first-order valence-electron chi connectivity index (χ1n) is 8.45. The second-order valence-corrected chi connectivity index (χ2v) is 7.40. The molecule has 1 aliphatic heterocycles. The van der Waals surface area contributed by atoms with Gasteiger partial charge in [0.25, 0.3) is 11.5 Å². The first-order chi connectivity index (χ1) is 13.1. The number of fused-ring (bicyclic) bond motifs is 1. The second-order valence-electron chi connectivity index (χ2n) is 6.01. The molecule has 3 aromatic rings. The molecule has 3 heterocycles. The third kappa shape index (κ3) is 3.66. The van der Waals surface area contributed by atoms with Crippen molar-refractivity contribution < 1.29 is 9.53 Å². The molecule has 0 unspecified atom stereocenters. The van der Waals surface area contributed by atoms with Crippen molar-refractivity contribution in [3.05, 3.63) is 68.0 Å². The minimum Gasteiger partial charge on any atom is -0.378 e. The number of thiazole rings is 1. The molecule has 1 saturated heterocycles. The molecule has 138 valence electrons. The minimum absolute atomic E-state index is 0.0304. The molecule has 0 spiro atoms. The number of carbonyl (C=O) groups is 1. The highest BCUT2D eigenvalue weighted by atomic mass is 35.5. The van der Waals surface area contributed by atoms with Gasteiger partial charge in [-0.05, 0) is 11.6 Å². The second kappa shape index (κ2) is 7.64. The van der Waals surface area contributed by atoms with Crippen LogP contribution >= 0.6 is 22.9 Å². The van der Waals surface area contributed by atoms with Gasteiger partial charge in [0.15, 0.2) is 4.96 Å². The van der Waals surface area contributed by atoms with Crippen LogP contribution in [0.3, 0.4) is 0 Å². The molecule has 0 aliphatic carbocycles. The Labute approximate surface area is 164 Å². The number of hydrogen-bond acceptors (Lipinski definition) is 5. The minimum atomic E-state index is -0.383. The van der Waals surface area contributed by atoms with Crippen molar-refractivity contribution in [3.63, 3.8) is 0 Å². The van der Waals surface area contributed by atoms with E-state index in [4.69, 9.17) is 16.3 Å². The van der Waals surface area contributed by atoms with Crippen molar-refractivity contribution in [3.8, 4) is 0 Å². The lowest BCUT2D eigenvalue weighted by Crippen LogP contribution is -2.40. The number of amides is 1. The highest BCUT2D eigenvalue weighted by Gasteiger charge is 2.22. The van der Waals surface area contributed by atoms with Gasteiger partial charge >= 0.3 is 0 Å². The van der Waals surface area contributed by atoms with Crippen LogP contribution in [0.4, 0.5) is 0 Å². The van der Waals surface area contributed by atoms with E-state index in [-0.39, 0.29) is 16.5 Å². The SMILES string of the molecule is O=C(c1cn2c(=O)c(Cl)c(C=Cc3ccccc3)nc2s1)N1CCOCC1. The molecule has 27 heavy (non-hydrogen) atoms. The third-order valence-electron chi connectivity index (χ3n) is 4.24. The summed E-state index contributed by atoms with van der Waals surface area (Å²) in [6, 6.07) is 9.67. The van der Waals surface area contributed by atoms with Crippen molar-refractivity contribution in [2.45, 2.75) is 0 Å². The Hall–Kier alpha value is -2.48. The van der Waals surface area contributed by atoms with Crippen LogP contribution < -0.4 is 5.56 Å². The van der Waals surface area contributed by atoms with Crippen LogP contribution in [0.1, 0.15) is 20.9 Å². The fourth-order valence-electron chi connectivity index (χ4n) is 2.81. The van der Waals surface area contributed by atoms with E-state index in [1.807, 2.05) is 36.4 Å². The number of hydrogen-bond donors (Lipinski definition) is 0. The predicted molar refractivity (Wildman–Crippen MR) is 106 cm³/mol. The van der Waals surface area contributed by atoms with Crippen LogP contribution in [0.2, 0.25) is 5.02 Å². The van der Waals surface area contributed by atoms with Crippen LogP contribution in [0, 0.1) is 0 Å². The number of aromatic nitrogens is 2. The Morgan fingerprint density at radius 3 is 2.67 bits per heavy atom. The normalized spacial score (nSPS) is 14.9. The predicted octanol–water partition coefficient (Wildman–Crippen LogP) is 3.05. The molecule has 1 aliphatic rings. The molecule has 1 amide bonds. The molecule has 6 nitrogen and oxygen atoms in total. The molecule has 0 atom stereocenters. The van der Waals surface area contributed by atoms with Gasteiger partial charge in [0, 0.05) is 19.3 Å². The maximum absolute atomic E-state index is 12.7. The summed E-state index contributed by atoms with van der Waals surface area (Å²) < 4.78 is 6.61. The zero-order valence-electron chi connectivity index (χ0n) is 14.3. The van der Waals surface area contributed by atoms with Gasteiger partial charge in [0.2, 0.25) is 0 Å². The van der Waals surface area contributed by atoms with E-state index in [0.29, 0.717) is 41.8 Å². The fourth-order valence-corrected chi connectivity index (χ4v) is 3.95. The zero-order chi connectivity index (χ0) is 18.8. The lowest BCUT2D eigenvalue weighted by Gasteiger charge is -2.26. The van der Waals surface area contributed by atoms with E-state index >= 15 is 0 Å². The summed E-state index contributed by atoms with van der Waals surface area (Å²) in [5.74, 6) is -0.120. The van der Waals surface area contributed by atoms with Gasteiger partial charge < -0.3 is 9.64 Å². The lowest BCUT2D eigenvalue weighted by atomic mass is 10.2. The van der Waals surface area contributed by atoms with E-state index in [1.165, 1.54) is 21.9 Å². The van der Waals surface area contributed by atoms with Crippen LogP contribution in [-0.4, -0.2) is 46.5 Å². The standard InChI is InChI=1S/C19H16ClN3O3S/c20-16-14(7-6-13-4-2-1-3-5-13)21-19-23(18(16)25)12-15(27-19)17(24)22-8-10-26-11-9-22/h1-7,12H,8-11H2. The van der Waals surface area contributed by atoms with Crippen LogP contribution in [0.25, 0.3) is 17.1 Å². The Kier molecular flexibility index (Phi) is 5.07. The van der Waals surface area contributed by atoms with Crippen molar-refractivity contribution >= 4 is 46.0 Å². The number of nitrogens with zero attached hydrogens (tertiary/aromatic N) is 3. The van der Waals surface area contributed by atoms with Gasteiger partial charge in [-0.25, -0.2) is 4.98 Å². The largest absolute Gasteiger partial charge is 0.378 e. The molecule has 0 bridgehead atoms. The summed E-state index contributed by atoms with van der Waals surface area (Å²) in [7, 11) is 0. The topological polar surface area (TPSA) is 63.9 Å². The van der Waals surface area contributed by atoms with Crippen molar-refractivity contribution in [1.82, 2.24) is 14.3 Å². The van der Waals surface area contributed by atoms with Crippen molar-refractivity contribution in [2.24, 2.45) is 0 Å². The van der Waals surface area contributed by atoms with Crippen LogP contribution in [0.15, 0.2) is 41.3 Å². The smallest absolute Gasteiger partial charge is 0.277 e. The highest BCUT2D eigenvalue weighted by molar-refractivity contribution is 7.18. The van der Waals surface area contributed by atoms with Gasteiger partial charge in [-0.2, -0.15) is 0 Å². The van der Waals surface area contributed by atoms with Crippen LogP contribution in [-0.2, 0) is 4.74 Å². The number of morpholine rings is 1. The summed E-state index contributed by atoms with van der Waals surface area (Å²) in [6.45, 7) is 2.13. The first-order valence-corrected chi connectivity index (χ1v) is 9.65. The number of ether oxygens (including phenoxy) is 1. The Balaban J connectivity index is 1.69. The summed E-state index contributed by atoms with van der Waals surface area (Å²) in [5, 5.41) is 0.0304. The van der Waals surface area contributed by atoms with Crippen LogP contribution in [0.5, 0.6) is 0 Å². The monoisotopic (exact) mass is 401 g/mol. The number of halogens is 1. The molecule has 0 N–H and O–H groups in total. The molecule has 8 heteroatoms. The lowest BCUT2D eigenvalue weighted by molar-refractivity contribution is 0.0306. The molecule has 1 aromatic carbocycles. The number of benzene rings is 1. The van der Waals surface area contributed by atoms with Gasteiger partial charge in [-0.15, -0.1) is 0 Å². The highest BCUT2D eigenvalue weighted by Crippen LogP contribution is 2.21. The van der Waals surface area contributed by atoms with Gasteiger partial charge in [0.1, 0.15) is 9.90 Å². The Morgan fingerprint density at radius 1 is 1.19 bits per heavy atom. The first kappa shape index (κ1) is 17.9. The fraction of sp³-hybridized carbons (Fsp3) is 0.211. The molecule has 1 fully saturated rings. The van der Waals surface area contributed by atoms with E-state index in [2.05, 4.69) is 4.98 Å². The van der Waals surface area contributed by atoms with E-state index in [9.17, 15) is 9.59 Å². The summed E-state index contributed by atoms with van der Waals surface area (Å²) in [5.41, 5.74) is 0.981. The van der Waals surface area contributed by atoms with E-state index in [0.717, 1.165) is 5.56 Å². The van der Waals surface area contributed by atoms with Gasteiger partial charge in [0.05, 0.1) is 18.9 Å². The Morgan fingerprint density at radius 2 is 1.93 bits per heavy atom. The number of rotatable bonds is 3. The quantitative estimate of drug-likeness (QED) is 0.676. The zero-order valence-corrected chi connectivity index (χ0v) is 15.9. The molecular weight excluding hydrogens is 386 g/mol. The summed E-state index contributed by atoms with van der Waals surface area (Å²) in [6.07, 6.45) is 5.07. The van der Waals surface area contributed by atoms with Crippen molar-refractivity contribution in [2.75, 3.05) is 26.3 Å². The molecule has 4 rings (SSSR count). The molecular formula is C19H16ClN3O3S. The third-order valence-corrected chi connectivity index (χ3v) is 5.57. The van der Waals surface area contributed by atoms with Gasteiger partial charge in [-0.3, -0.25) is 14.0 Å². The van der Waals surface area contributed by atoms with E-state index in [1.54, 1.807) is 11.0 Å². The van der Waals surface area contributed by atoms with Crippen molar-refractivity contribution in [1.29, 1.82) is 0 Å². The number of carbonyl (C=O) groups excluding carboxylic acids is 1. The van der Waals surface area contributed by atoms with E-state index < -0.39 is 0 Å². The Bertz CT molecular complexity index is 1070. The summed E-state index contributed by atoms with van der Waals surface area (Å²) >= 11 is 7.41. The maximum Gasteiger partial charge on any atom is 0.277 e. The molecule has 0 radical (unpaired) electrons. The van der Waals surface area contributed by atoms with Gasteiger partial charge in [-0.1, -0.05) is 59.3 Å². The molecule has 2 aromatic heterocycles. The molecule has 0 saturated carbocycles. The summed E-state index contributed by atoms with van der Waals surface area (Å²) in [4.78, 5) is 32.3. The average Bonchev–Trinajstić information content (AvgIpc) is 3.15. The average molecular weight is 402 g/mol.